The molecule has 166 valence electrons. The third kappa shape index (κ3) is 6.96. The zero-order chi connectivity index (χ0) is 21.6. The quantitative estimate of drug-likeness (QED) is 0.531. The summed E-state index contributed by atoms with van der Waals surface area (Å²) in [6.45, 7) is 10.1. The van der Waals surface area contributed by atoms with E-state index in [1.165, 1.54) is 0 Å². The molecule has 3 amide bonds. The van der Waals surface area contributed by atoms with Crippen LogP contribution in [-0.2, 0) is 24.1 Å². The molecule has 0 aliphatic heterocycles. The summed E-state index contributed by atoms with van der Waals surface area (Å²) in [5.41, 5.74) is 4.47. The van der Waals surface area contributed by atoms with E-state index in [2.05, 4.69) is 16.3 Å². The molecular weight excluding hydrogens is 374 g/mol. The van der Waals surface area contributed by atoms with Gasteiger partial charge in [-0.1, -0.05) is 34.6 Å². The molecule has 0 aromatic rings. The van der Waals surface area contributed by atoms with Crippen molar-refractivity contribution in [3.63, 3.8) is 0 Å². The average Bonchev–Trinajstić information content (AvgIpc) is 3.30. The second-order valence-electron chi connectivity index (χ2n) is 9.67. The van der Waals surface area contributed by atoms with E-state index in [1.807, 2.05) is 13.8 Å². The Labute approximate surface area is 173 Å². The van der Waals surface area contributed by atoms with Crippen LogP contribution in [0.1, 0.15) is 73.1 Å². The van der Waals surface area contributed by atoms with Crippen molar-refractivity contribution in [2.45, 2.75) is 85.4 Å². The summed E-state index contributed by atoms with van der Waals surface area (Å²) < 4.78 is 0. The van der Waals surface area contributed by atoms with Gasteiger partial charge in [0.15, 0.2) is 0 Å². The molecule has 0 radical (unpaired) electrons. The molecule has 0 saturated heterocycles. The molecule has 2 saturated carbocycles. The second kappa shape index (κ2) is 10.4. The fourth-order valence-electron chi connectivity index (χ4n) is 3.66. The van der Waals surface area contributed by atoms with E-state index in [1.54, 1.807) is 20.8 Å². The van der Waals surface area contributed by atoms with Gasteiger partial charge >= 0.3 is 0 Å². The van der Waals surface area contributed by atoms with E-state index in [0.717, 1.165) is 25.7 Å². The number of carbonyl (C=O) groups is 3. The van der Waals surface area contributed by atoms with Gasteiger partial charge in [-0.25, -0.2) is 11.0 Å². The topological polar surface area (TPSA) is 106 Å². The van der Waals surface area contributed by atoms with Crippen LogP contribution in [0.2, 0.25) is 0 Å². The molecule has 2 fully saturated rings. The molecule has 0 unspecified atom stereocenters. The van der Waals surface area contributed by atoms with E-state index in [4.69, 9.17) is 9.68 Å². The van der Waals surface area contributed by atoms with Gasteiger partial charge in [0.25, 0.3) is 0 Å². The number of hydrogen-bond acceptors (Lipinski definition) is 5. The van der Waals surface area contributed by atoms with Gasteiger partial charge in [0, 0.05) is 12.0 Å². The molecule has 8 heteroatoms. The van der Waals surface area contributed by atoms with Gasteiger partial charge in [-0.05, 0) is 44.4 Å². The monoisotopic (exact) mass is 411 g/mol. The first-order chi connectivity index (χ1) is 13.6. The highest BCUT2D eigenvalue weighted by atomic mass is 16.7. The summed E-state index contributed by atoms with van der Waals surface area (Å²) in [7, 11) is 0. The van der Waals surface area contributed by atoms with E-state index < -0.39 is 5.41 Å². The Morgan fingerprint density at radius 2 is 1.38 bits per heavy atom. The zero-order valence-corrected chi connectivity index (χ0v) is 18.4. The highest BCUT2D eigenvalue weighted by molar-refractivity contribution is 5.81. The first kappa shape index (κ1) is 23.6. The maximum atomic E-state index is 12.6. The van der Waals surface area contributed by atoms with Crippen LogP contribution >= 0.6 is 0 Å². The molecule has 2 aliphatic rings. The maximum Gasteiger partial charge on any atom is 0.249 e. The van der Waals surface area contributed by atoms with Gasteiger partial charge in [0.1, 0.15) is 0 Å². The van der Waals surface area contributed by atoms with Crippen LogP contribution in [0, 0.1) is 23.2 Å². The van der Waals surface area contributed by atoms with Crippen LogP contribution in [0.3, 0.4) is 0 Å². The molecule has 8 nitrogen and oxygen atoms in total. The van der Waals surface area contributed by atoms with E-state index in [0.29, 0.717) is 25.3 Å². The Morgan fingerprint density at radius 3 is 1.90 bits per heavy atom. The smallest absolute Gasteiger partial charge is 0.249 e. The lowest BCUT2D eigenvalue weighted by Gasteiger charge is -2.24. The van der Waals surface area contributed by atoms with Crippen molar-refractivity contribution >= 4 is 17.7 Å². The summed E-state index contributed by atoms with van der Waals surface area (Å²) in [6.07, 6.45) is 3.93. The maximum absolute atomic E-state index is 12.6. The van der Waals surface area contributed by atoms with Crippen LogP contribution in [-0.4, -0.2) is 36.5 Å². The van der Waals surface area contributed by atoms with Crippen LogP contribution in [0.15, 0.2) is 0 Å². The van der Waals surface area contributed by atoms with Crippen LogP contribution in [0.4, 0.5) is 0 Å². The van der Waals surface area contributed by atoms with Gasteiger partial charge in [-0.2, -0.15) is 0 Å². The minimum Gasteiger partial charge on any atom is -0.356 e. The first-order valence-corrected chi connectivity index (χ1v) is 10.8. The first-order valence-electron chi connectivity index (χ1n) is 10.8. The molecule has 29 heavy (non-hydrogen) atoms. The number of nitrogens with one attached hydrogen (secondary N) is 3. The second-order valence-corrected chi connectivity index (χ2v) is 9.67. The predicted molar refractivity (Wildman–Crippen MR) is 108 cm³/mol. The molecule has 0 spiro atoms. The SMILES string of the molecule is CC(C)CNC(=O)[C@@H]1CCC[C@H]1ONC(=O)[C@@H]1CCC[C@H]1ONC(=O)C(C)(C)C. The Hall–Kier alpha value is -1.67. The number of hydroxylamine groups is 2. The lowest BCUT2D eigenvalue weighted by Crippen LogP contribution is -2.44. The highest BCUT2D eigenvalue weighted by Gasteiger charge is 2.38. The normalized spacial score (nSPS) is 27.1. The third-order valence-corrected chi connectivity index (χ3v) is 5.56. The Balaban J connectivity index is 1.81. The van der Waals surface area contributed by atoms with Gasteiger partial charge in [-0.3, -0.25) is 24.1 Å². The minimum atomic E-state index is -0.562. The van der Waals surface area contributed by atoms with Gasteiger partial charge in [0.2, 0.25) is 17.7 Å². The molecule has 0 aromatic heterocycles. The van der Waals surface area contributed by atoms with E-state index in [9.17, 15) is 14.4 Å². The number of rotatable bonds is 8. The zero-order valence-electron chi connectivity index (χ0n) is 18.4. The number of amides is 3. The molecule has 0 heterocycles. The Kier molecular flexibility index (Phi) is 8.46. The lowest BCUT2D eigenvalue weighted by atomic mass is 9.96. The molecule has 0 bridgehead atoms. The summed E-state index contributed by atoms with van der Waals surface area (Å²) in [4.78, 5) is 48.2. The summed E-state index contributed by atoms with van der Waals surface area (Å²) in [5.74, 6) is -0.729. The van der Waals surface area contributed by atoms with Crippen LogP contribution in [0.5, 0.6) is 0 Å². The van der Waals surface area contributed by atoms with Crippen LogP contribution < -0.4 is 16.3 Å². The van der Waals surface area contributed by atoms with Crippen molar-refractivity contribution in [2.75, 3.05) is 6.54 Å². The molecular formula is C21H37N3O5. The van der Waals surface area contributed by atoms with Crippen molar-refractivity contribution in [1.82, 2.24) is 16.3 Å². The van der Waals surface area contributed by atoms with E-state index in [-0.39, 0.29) is 41.8 Å². The Morgan fingerprint density at radius 1 is 0.862 bits per heavy atom. The molecule has 2 rings (SSSR count). The van der Waals surface area contributed by atoms with Gasteiger partial charge in [0.05, 0.1) is 24.0 Å². The van der Waals surface area contributed by atoms with Crippen molar-refractivity contribution in [2.24, 2.45) is 23.2 Å². The predicted octanol–water partition coefficient (Wildman–Crippen LogP) is 2.24. The van der Waals surface area contributed by atoms with Crippen molar-refractivity contribution in [1.29, 1.82) is 0 Å². The van der Waals surface area contributed by atoms with Gasteiger partial charge in [-0.15, -0.1) is 0 Å². The average molecular weight is 412 g/mol. The fourth-order valence-corrected chi connectivity index (χ4v) is 3.66. The standard InChI is InChI=1S/C21H37N3O5/c1-13(2)12-22-18(25)14-8-6-10-16(14)28-23-19(26)15-9-7-11-17(15)29-24-20(27)21(3,4)5/h13-17H,6-12H2,1-5H3,(H,22,25)(H,23,26)(H,24,27)/t14-,15-,16-,17-/m1/s1. The number of hydrogen-bond donors (Lipinski definition) is 3. The van der Waals surface area contributed by atoms with Gasteiger partial charge < -0.3 is 5.32 Å². The van der Waals surface area contributed by atoms with E-state index >= 15 is 0 Å². The fraction of sp³-hybridized carbons (Fsp3) is 0.857. The largest absolute Gasteiger partial charge is 0.356 e. The van der Waals surface area contributed by atoms with Crippen LogP contribution in [0.25, 0.3) is 0 Å². The Bertz CT molecular complexity index is 587. The molecule has 2 aliphatic carbocycles. The number of carbonyl (C=O) groups excluding carboxylic acids is 3. The summed E-state index contributed by atoms with van der Waals surface area (Å²) >= 11 is 0. The summed E-state index contributed by atoms with van der Waals surface area (Å²) in [5, 5.41) is 2.95. The molecule has 0 aromatic carbocycles. The summed E-state index contributed by atoms with van der Waals surface area (Å²) in [6, 6.07) is 0. The molecule has 3 N–H and O–H groups in total. The molecule has 4 atom stereocenters. The van der Waals surface area contributed by atoms with Crippen molar-refractivity contribution in [3.05, 3.63) is 0 Å². The van der Waals surface area contributed by atoms with Crippen molar-refractivity contribution in [3.8, 4) is 0 Å². The minimum absolute atomic E-state index is 0.0117. The lowest BCUT2D eigenvalue weighted by molar-refractivity contribution is -0.159. The third-order valence-electron chi connectivity index (χ3n) is 5.56. The highest BCUT2D eigenvalue weighted by Crippen LogP contribution is 2.30. The van der Waals surface area contributed by atoms with Crippen molar-refractivity contribution < 1.29 is 24.1 Å².